The first-order valence-electron chi connectivity index (χ1n) is 8.07. The molecule has 0 aliphatic heterocycles. The summed E-state index contributed by atoms with van der Waals surface area (Å²) in [6, 6.07) is 7.04. The van der Waals surface area contributed by atoms with E-state index in [2.05, 4.69) is 25.9 Å². The van der Waals surface area contributed by atoms with Crippen LogP contribution in [0.4, 0.5) is 4.39 Å². The molecular formula is C17H17FN6O3. The Morgan fingerprint density at radius 1 is 1.15 bits per heavy atom. The summed E-state index contributed by atoms with van der Waals surface area (Å²) >= 11 is 0. The number of nitrogens with zero attached hydrogens (tertiary/aromatic N) is 4. The summed E-state index contributed by atoms with van der Waals surface area (Å²) in [5.74, 6) is -1.22. The second-order valence-electron chi connectivity index (χ2n) is 5.84. The summed E-state index contributed by atoms with van der Waals surface area (Å²) in [5, 5.41) is 4.07. The van der Waals surface area contributed by atoms with Gasteiger partial charge in [0, 0.05) is 11.4 Å². The Kier molecular flexibility index (Phi) is 4.97. The molecule has 0 aliphatic rings. The van der Waals surface area contributed by atoms with Crippen LogP contribution < -0.4 is 15.6 Å². The fourth-order valence-electron chi connectivity index (χ4n) is 2.31. The summed E-state index contributed by atoms with van der Waals surface area (Å²) in [6.45, 7) is 5.11. The van der Waals surface area contributed by atoms with Crippen molar-refractivity contribution < 1.29 is 18.7 Å². The quantitative estimate of drug-likeness (QED) is 0.664. The fourth-order valence-corrected chi connectivity index (χ4v) is 2.31. The SMILES string of the molecule is Cc1cc(C)n2nc(C(=O)NNC(=O)C(C)Oc3ccc(F)cc3)nc2n1. The van der Waals surface area contributed by atoms with Crippen LogP contribution in [0.5, 0.6) is 5.75 Å². The number of fused-ring (bicyclic) bond motifs is 1. The summed E-state index contributed by atoms with van der Waals surface area (Å²) in [7, 11) is 0. The van der Waals surface area contributed by atoms with Gasteiger partial charge in [-0.15, -0.1) is 5.10 Å². The standard InChI is InChI=1S/C17H17FN6O3/c1-9-8-10(2)24-17(19-9)20-14(23-24)16(26)22-21-15(25)11(3)27-13-6-4-12(18)5-7-13/h4-8,11H,1-3H3,(H,21,25)(H,22,26). The molecule has 1 atom stereocenters. The van der Waals surface area contributed by atoms with Crippen molar-refractivity contribution in [3.63, 3.8) is 0 Å². The molecule has 2 amide bonds. The molecule has 0 fully saturated rings. The molecule has 0 radical (unpaired) electrons. The zero-order chi connectivity index (χ0) is 19.6. The van der Waals surface area contributed by atoms with Gasteiger partial charge in [0.25, 0.3) is 11.7 Å². The number of benzene rings is 1. The van der Waals surface area contributed by atoms with Crippen molar-refractivity contribution in [2.45, 2.75) is 26.9 Å². The molecule has 10 heteroatoms. The van der Waals surface area contributed by atoms with Crippen molar-refractivity contribution in [1.82, 2.24) is 30.4 Å². The number of hydrogen-bond donors (Lipinski definition) is 2. The van der Waals surface area contributed by atoms with E-state index in [1.54, 1.807) is 6.07 Å². The molecule has 3 rings (SSSR count). The summed E-state index contributed by atoms with van der Waals surface area (Å²) in [6.07, 6.45) is -0.920. The van der Waals surface area contributed by atoms with Gasteiger partial charge in [-0.2, -0.15) is 4.98 Å². The normalized spacial score (nSPS) is 11.9. The van der Waals surface area contributed by atoms with Gasteiger partial charge in [0.05, 0.1) is 0 Å². The topological polar surface area (TPSA) is 111 Å². The minimum absolute atomic E-state index is 0.136. The molecule has 3 aromatic rings. The highest BCUT2D eigenvalue weighted by Gasteiger charge is 2.19. The molecule has 0 bridgehead atoms. The number of rotatable bonds is 4. The Hall–Kier alpha value is -3.56. The third kappa shape index (κ3) is 4.17. The number of aromatic nitrogens is 4. The number of hydrazine groups is 1. The maximum Gasteiger partial charge on any atom is 0.309 e. The Morgan fingerprint density at radius 3 is 2.56 bits per heavy atom. The van der Waals surface area contributed by atoms with Gasteiger partial charge in [-0.05, 0) is 51.1 Å². The molecule has 0 spiro atoms. The number of hydrogen-bond acceptors (Lipinski definition) is 6. The van der Waals surface area contributed by atoms with Gasteiger partial charge >= 0.3 is 5.91 Å². The van der Waals surface area contributed by atoms with Crippen LogP contribution in [0, 0.1) is 19.7 Å². The largest absolute Gasteiger partial charge is 0.481 e. The summed E-state index contributed by atoms with van der Waals surface area (Å²) < 4.78 is 19.7. The van der Waals surface area contributed by atoms with Crippen molar-refractivity contribution in [3.05, 3.63) is 53.4 Å². The third-order valence-corrected chi connectivity index (χ3v) is 3.62. The second kappa shape index (κ2) is 7.36. The van der Waals surface area contributed by atoms with E-state index < -0.39 is 23.7 Å². The molecule has 9 nitrogen and oxygen atoms in total. The Bertz CT molecular complexity index is 1000. The fraction of sp³-hybridized carbons (Fsp3) is 0.235. The minimum atomic E-state index is -0.920. The van der Waals surface area contributed by atoms with Gasteiger partial charge in [0.1, 0.15) is 11.6 Å². The lowest BCUT2D eigenvalue weighted by Gasteiger charge is -2.14. The van der Waals surface area contributed by atoms with Gasteiger partial charge in [-0.3, -0.25) is 20.4 Å². The van der Waals surface area contributed by atoms with Crippen molar-refractivity contribution in [2.75, 3.05) is 0 Å². The number of carbonyl (C=O) groups is 2. The van der Waals surface area contributed by atoms with Crippen LogP contribution in [0.1, 0.15) is 28.9 Å². The Balaban J connectivity index is 1.60. The molecule has 27 heavy (non-hydrogen) atoms. The lowest BCUT2D eigenvalue weighted by molar-refractivity contribution is -0.128. The van der Waals surface area contributed by atoms with E-state index in [9.17, 15) is 14.0 Å². The number of nitrogens with one attached hydrogen (secondary N) is 2. The molecule has 1 unspecified atom stereocenters. The van der Waals surface area contributed by atoms with E-state index in [0.29, 0.717) is 5.75 Å². The van der Waals surface area contributed by atoms with Gasteiger partial charge in [-0.25, -0.2) is 13.9 Å². The molecule has 2 N–H and O–H groups in total. The number of ether oxygens (including phenoxy) is 1. The molecule has 0 saturated carbocycles. The lowest BCUT2D eigenvalue weighted by atomic mass is 10.3. The van der Waals surface area contributed by atoms with E-state index in [-0.39, 0.29) is 11.6 Å². The lowest BCUT2D eigenvalue weighted by Crippen LogP contribution is -2.47. The first kappa shape index (κ1) is 18.2. The van der Waals surface area contributed by atoms with Crippen LogP contribution in [0.15, 0.2) is 30.3 Å². The maximum absolute atomic E-state index is 12.9. The van der Waals surface area contributed by atoms with Crippen LogP contribution >= 0.6 is 0 Å². The molecule has 0 saturated heterocycles. The number of carbonyl (C=O) groups excluding carboxylic acids is 2. The number of amides is 2. The first-order valence-corrected chi connectivity index (χ1v) is 8.07. The molecule has 140 valence electrons. The minimum Gasteiger partial charge on any atom is -0.481 e. The van der Waals surface area contributed by atoms with E-state index in [1.165, 1.54) is 35.7 Å². The van der Waals surface area contributed by atoms with Gasteiger partial charge in [0.15, 0.2) is 6.10 Å². The smallest absolute Gasteiger partial charge is 0.309 e. The molecule has 1 aromatic carbocycles. The van der Waals surface area contributed by atoms with Crippen molar-refractivity contribution in [1.29, 1.82) is 0 Å². The highest BCUT2D eigenvalue weighted by molar-refractivity contribution is 5.93. The van der Waals surface area contributed by atoms with Gasteiger partial charge in [0.2, 0.25) is 5.82 Å². The van der Waals surface area contributed by atoms with Gasteiger partial charge < -0.3 is 4.74 Å². The van der Waals surface area contributed by atoms with Crippen molar-refractivity contribution >= 4 is 17.6 Å². The molecular weight excluding hydrogens is 355 g/mol. The van der Waals surface area contributed by atoms with Crippen LogP contribution in [-0.4, -0.2) is 37.5 Å². The number of aryl methyl sites for hydroxylation is 2. The zero-order valence-electron chi connectivity index (χ0n) is 14.9. The van der Waals surface area contributed by atoms with E-state index in [1.807, 2.05) is 13.8 Å². The third-order valence-electron chi connectivity index (χ3n) is 3.62. The molecule has 2 aromatic heterocycles. The first-order chi connectivity index (χ1) is 12.8. The van der Waals surface area contributed by atoms with E-state index in [0.717, 1.165) is 11.4 Å². The predicted molar refractivity (Wildman–Crippen MR) is 92.4 cm³/mol. The highest BCUT2D eigenvalue weighted by Crippen LogP contribution is 2.13. The number of halogens is 1. The van der Waals surface area contributed by atoms with E-state index >= 15 is 0 Å². The highest BCUT2D eigenvalue weighted by atomic mass is 19.1. The van der Waals surface area contributed by atoms with Crippen molar-refractivity contribution in [2.24, 2.45) is 0 Å². The average Bonchev–Trinajstić information content (AvgIpc) is 3.05. The van der Waals surface area contributed by atoms with Crippen LogP contribution in [0.3, 0.4) is 0 Å². The molecule has 0 aliphatic carbocycles. The zero-order valence-corrected chi connectivity index (χ0v) is 14.9. The van der Waals surface area contributed by atoms with Crippen LogP contribution in [-0.2, 0) is 4.79 Å². The monoisotopic (exact) mass is 372 g/mol. The summed E-state index contributed by atoms with van der Waals surface area (Å²) in [4.78, 5) is 32.4. The molecule has 2 heterocycles. The predicted octanol–water partition coefficient (Wildman–Crippen LogP) is 1.11. The van der Waals surface area contributed by atoms with Crippen LogP contribution in [0.25, 0.3) is 5.78 Å². The maximum atomic E-state index is 12.9. The summed E-state index contributed by atoms with van der Waals surface area (Å²) in [5.41, 5.74) is 5.98. The van der Waals surface area contributed by atoms with Crippen LogP contribution in [0.2, 0.25) is 0 Å². The second-order valence-corrected chi connectivity index (χ2v) is 5.84. The Labute approximate surface area is 153 Å². The van der Waals surface area contributed by atoms with Crippen molar-refractivity contribution in [3.8, 4) is 5.75 Å². The van der Waals surface area contributed by atoms with Gasteiger partial charge in [-0.1, -0.05) is 0 Å². The van der Waals surface area contributed by atoms with E-state index in [4.69, 9.17) is 4.74 Å². The average molecular weight is 372 g/mol. The Morgan fingerprint density at radius 2 is 1.85 bits per heavy atom.